The van der Waals surface area contributed by atoms with Crippen LogP contribution in [-0.4, -0.2) is 17.7 Å². The van der Waals surface area contributed by atoms with E-state index >= 15 is 0 Å². The number of carbonyl (C=O) groups is 1. The van der Waals surface area contributed by atoms with Gasteiger partial charge in [-0.3, -0.25) is 10.3 Å². The van der Waals surface area contributed by atoms with Gasteiger partial charge in [0.1, 0.15) is 6.07 Å². The van der Waals surface area contributed by atoms with Gasteiger partial charge >= 0.3 is 5.97 Å². The Morgan fingerprint density at radius 1 is 1.67 bits per heavy atom. The van der Waals surface area contributed by atoms with E-state index < -0.39 is 12.6 Å². The first-order valence-electron chi connectivity index (χ1n) is 3.92. The summed E-state index contributed by atoms with van der Waals surface area (Å²) in [7, 11) is 0. The van der Waals surface area contributed by atoms with Gasteiger partial charge in [-0.2, -0.15) is 5.26 Å². The molecule has 0 atom stereocenters. The van der Waals surface area contributed by atoms with Gasteiger partial charge in [0.15, 0.2) is 6.61 Å². The number of halogens is 1. The number of rotatable bonds is 4. The van der Waals surface area contributed by atoms with E-state index in [2.05, 4.69) is 26.2 Å². The monoisotopic (exact) mass is 270 g/mol. The first-order valence-corrected chi connectivity index (χ1v) is 4.72. The maximum absolute atomic E-state index is 10.1. The summed E-state index contributed by atoms with van der Waals surface area (Å²) in [5, 5.41) is 17.0. The Labute approximate surface area is 94.4 Å². The van der Waals surface area contributed by atoms with Crippen LogP contribution in [0, 0.1) is 11.3 Å². The number of hydrogen-bond donors (Lipinski definition) is 2. The van der Waals surface area contributed by atoms with Crippen molar-refractivity contribution < 1.29 is 14.7 Å². The molecule has 0 radical (unpaired) electrons. The van der Waals surface area contributed by atoms with E-state index in [-0.39, 0.29) is 0 Å². The van der Waals surface area contributed by atoms with Crippen molar-refractivity contribution in [2.45, 2.75) is 0 Å². The second-order valence-electron chi connectivity index (χ2n) is 2.59. The zero-order chi connectivity index (χ0) is 11.3. The van der Waals surface area contributed by atoms with Crippen molar-refractivity contribution in [3.05, 3.63) is 28.2 Å². The van der Waals surface area contributed by atoms with Crippen LogP contribution in [0.25, 0.3) is 0 Å². The predicted octanol–water partition coefficient (Wildman–Crippen LogP) is 1.75. The number of carboxylic acid groups (broad SMARTS) is 1. The quantitative estimate of drug-likeness (QED) is 0.815. The molecule has 1 rings (SSSR count). The Morgan fingerprint density at radius 3 is 2.93 bits per heavy atom. The molecular weight excluding hydrogens is 264 g/mol. The predicted molar refractivity (Wildman–Crippen MR) is 56.1 cm³/mol. The van der Waals surface area contributed by atoms with Gasteiger partial charge in [0, 0.05) is 4.47 Å². The largest absolute Gasteiger partial charge is 0.479 e. The van der Waals surface area contributed by atoms with Crippen LogP contribution in [0.3, 0.4) is 0 Å². The number of carboxylic acids is 1. The summed E-state index contributed by atoms with van der Waals surface area (Å²) in [6.45, 7) is -0.433. The SMILES string of the molecule is N#Cc1ccc(NOCC(=O)O)cc1Br. The van der Waals surface area contributed by atoms with Gasteiger partial charge in [-0.15, -0.1) is 0 Å². The summed E-state index contributed by atoms with van der Waals surface area (Å²) < 4.78 is 0.619. The van der Waals surface area contributed by atoms with Crippen LogP contribution in [0.15, 0.2) is 22.7 Å². The van der Waals surface area contributed by atoms with Crippen LogP contribution >= 0.6 is 15.9 Å². The van der Waals surface area contributed by atoms with Gasteiger partial charge in [0.25, 0.3) is 0 Å². The number of nitriles is 1. The molecule has 0 aliphatic carbocycles. The fourth-order valence-corrected chi connectivity index (χ4v) is 1.32. The normalized spacial score (nSPS) is 9.33. The molecule has 0 heterocycles. The minimum absolute atomic E-state index is 0.433. The first-order chi connectivity index (χ1) is 7.13. The summed E-state index contributed by atoms with van der Waals surface area (Å²) in [6.07, 6.45) is 0. The van der Waals surface area contributed by atoms with Crippen LogP contribution in [-0.2, 0) is 9.63 Å². The Morgan fingerprint density at radius 2 is 2.40 bits per heavy atom. The van der Waals surface area contributed by atoms with Crippen LogP contribution in [0.4, 0.5) is 5.69 Å². The number of benzene rings is 1. The molecule has 1 aromatic carbocycles. The molecular formula is C9H7BrN2O3. The van der Waals surface area contributed by atoms with Crippen molar-refractivity contribution in [1.82, 2.24) is 0 Å². The minimum atomic E-state index is -1.06. The van der Waals surface area contributed by atoms with E-state index in [0.717, 1.165) is 0 Å². The topological polar surface area (TPSA) is 82.3 Å². The molecule has 2 N–H and O–H groups in total. The van der Waals surface area contributed by atoms with E-state index in [4.69, 9.17) is 10.4 Å². The molecule has 0 fully saturated rings. The number of nitrogens with zero attached hydrogens (tertiary/aromatic N) is 1. The number of hydrogen-bond acceptors (Lipinski definition) is 4. The van der Waals surface area contributed by atoms with Gasteiger partial charge in [-0.25, -0.2) is 4.79 Å². The lowest BCUT2D eigenvalue weighted by atomic mass is 10.2. The van der Waals surface area contributed by atoms with E-state index in [1.54, 1.807) is 18.2 Å². The molecule has 5 nitrogen and oxygen atoms in total. The van der Waals surface area contributed by atoms with Gasteiger partial charge in [-0.1, -0.05) is 0 Å². The highest BCUT2D eigenvalue weighted by atomic mass is 79.9. The van der Waals surface area contributed by atoms with Gasteiger partial charge in [-0.05, 0) is 34.1 Å². The van der Waals surface area contributed by atoms with Gasteiger partial charge < -0.3 is 5.11 Å². The minimum Gasteiger partial charge on any atom is -0.479 e. The van der Waals surface area contributed by atoms with Crippen molar-refractivity contribution >= 4 is 27.6 Å². The van der Waals surface area contributed by atoms with Crippen molar-refractivity contribution in [2.24, 2.45) is 0 Å². The summed E-state index contributed by atoms with van der Waals surface area (Å²) in [6, 6.07) is 6.82. The molecule has 78 valence electrons. The molecule has 15 heavy (non-hydrogen) atoms. The van der Waals surface area contributed by atoms with Gasteiger partial charge in [0.05, 0.1) is 11.3 Å². The molecule has 0 aliphatic heterocycles. The van der Waals surface area contributed by atoms with Crippen molar-refractivity contribution in [2.75, 3.05) is 12.1 Å². The first kappa shape index (κ1) is 11.5. The van der Waals surface area contributed by atoms with Gasteiger partial charge in [0.2, 0.25) is 0 Å². The number of anilines is 1. The lowest BCUT2D eigenvalue weighted by Crippen LogP contribution is -2.11. The third-order valence-corrected chi connectivity index (χ3v) is 2.13. The van der Waals surface area contributed by atoms with E-state index in [1.165, 1.54) is 0 Å². The zero-order valence-corrected chi connectivity index (χ0v) is 9.11. The number of nitrogens with one attached hydrogen (secondary N) is 1. The summed E-state index contributed by atoms with van der Waals surface area (Å²) >= 11 is 3.19. The van der Waals surface area contributed by atoms with Crippen molar-refractivity contribution in [1.29, 1.82) is 5.26 Å². The Hall–Kier alpha value is -1.58. The molecule has 0 amide bonds. The van der Waals surface area contributed by atoms with Crippen LogP contribution in [0.5, 0.6) is 0 Å². The molecule has 0 aliphatic rings. The molecule has 0 saturated heterocycles. The summed E-state index contributed by atoms with van der Waals surface area (Å²) in [5.41, 5.74) is 3.52. The fourth-order valence-electron chi connectivity index (χ4n) is 0.850. The van der Waals surface area contributed by atoms with Crippen LogP contribution in [0.2, 0.25) is 0 Å². The zero-order valence-electron chi connectivity index (χ0n) is 7.53. The molecule has 1 aromatic rings. The second kappa shape index (κ2) is 5.34. The standard InChI is InChI=1S/C9H7BrN2O3/c10-8-3-7(2-1-6(8)4-11)12-15-5-9(13)14/h1-3,12H,5H2,(H,13,14). The van der Waals surface area contributed by atoms with Crippen molar-refractivity contribution in [3.8, 4) is 6.07 Å². The Bertz CT molecular complexity index is 414. The molecule has 0 aromatic heterocycles. The Balaban J connectivity index is 2.60. The third-order valence-electron chi connectivity index (χ3n) is 1.48. The second-order valence-corrected chi connectivity index (χ2v) is 3.45. The molecule has 0 spiro atoms. The number of aliphatic carboxylic acids is 1. The fraction of sp³-hybridized carbons (Fsp3) is 0.111. The molecule has 0 unspecified atom stereocenters. The highest BCUT2D eigenvalue weighted by Gasteiger charge is 2.01. The third kappa shape index (κ3) is 3.58. The highest BCUT2D eigenvalue weighted by molar-refractivity contribution is 9.10. The molecule has 0 bridgehead atoms. The smallest absolute Gasteiger partial charge is 0.332 e. The molecule has 6 heteroatoms. The van der Waals surface area contributed by atoms with Crippen LogP contribution in [0.1, 0.15) is 5.56 Å². The van der Waals surface area contributed by atoms with Crippen molar-refractivity contribution in [3.63, 3.8) is 0 Å². The maximum Gasteiger partial charge on any atom is 0.332 e. The molecule has 0 saturated carbocycles. The summed E-state index contributed by atoms with van der Waals surface area (Å²) in [5.74, 6) is -1.06. The lowest BCUT2D eigenvalue weighted by molar-refractivity contribution is -0.141. The maximum atomic E-state index is 10.1. The lowest BCUT2D eigenvalue weighted by Gasteiger charge is -2.05. The highest BCUT2D eigenvalue weighted by Crippen LogP contribution is 2.20. The van der Waals surface area contributed by atoms with Crippen LogP contribution < -0.4 is 5.48 Å². The Kier molecular flexibility index (Phi) is 4.09. The van der Waals surface area contributed by atoms with E-state index in [1.807, 2.05) is 6.07 Å². The van der Waals surface area contributed by atoms with E-state index in [9.17, 15) is 4.79 Å². The van der Waals surface area contributed by atoms with E-state index in [0.29, 0.717) is 15.7 Å². The average molecular weight is 271 g/mol. The summed E-state index contributed by atoms with van der Waals surface area (Å²) in [4.78, 5) is 14.8. The average Bonchev–Trinajstić information content (AvgIpc) is 2.17.